The molecule has 1 saturated heterocycles. The second-order valence-corrected chi connectivity index (χ2v) is 8.54. The zero-order valence-corrected chi connectivity index (χ0v) is 17.6. The van der Waals surface area contributed by atoms with E-state index in [0.717, 1.165) is 40.9 Å². The van der Waals surface area contributed by atoms with Crippen molar-refractivity contribution in [2.45, 2.75) is 19.3 Å². The van der Waals surface area contributed by atoms with E-state index in [1.165, 1.54) is 24.9 Å². The number of anilines is 1. The van der Waals surface area contributed by atoms with Gasteiger partial charge in [-0.25, -0.2) is 0 Å². The van der Waals surface area contributed by atoms with Gasteiger partial charge in [-0.15, -0.1) is 11.3 Å². The molecule has 7 heteroatoms. The van der Waals surface area contributed by atoms with E-state index in [0.29, 0.717) is 22.0 Å². The molecule has 5 nitrogen and oxygen atoms in total. The van der Waals surface area contributed by atoms with Gasteiger partial charge in [0.15, 0.2) is 0 Å². The molecule has 0 radical (unpaired) electrons. The van der Waals surface area contributed by atoms with E-state index in [-0.39, 0.29) is 11.8 Å². The van der Waals surface area contributed by atoms with Crippen molar-refractivity contribution in [3.05, 3.63) is 57.9 Å². The Bertz CT molecular complexity index is 1070. The number of carbonyl (C=O) groups excluding carboxylic acids is 2. The fourth-order valence-electron chi connectivity index (χ4n) is 3.54. The number of fused-ring (bicyclic) bond motifs is 1. The van der Waals surface area contributed by atoms with Gasteiger partial charge in [-0.3, -0.25) is 9.59 Å². The van der Waals surface area contributed by atoms with Crippen LogP contribution in [0.2, 0.25) is 5.02 Å². The van der Waals surface area contributed by atoms with E-state index < -0.39 is 0 Å². The summed E-state index contributed by atoms with van der Waals surface area (Å²) in [6, 6.07) is 12.5. The monoisotopic (exact) mass is 428 g/mol. The molecule has 29 heavy (non-hydrogen) atoms. The first-order chi connectivity index (χ1) is 14.0. The lowest BCUT2D eigenvalue weighted by Crippen LogP contribution is -2.35. The number of benzene rings is 2. The van der Waals surface area contributed by atoms with Crippen LogP contribution in [0.3, 0.4) is 0 Å². The first-order valence-electron chi connectivity index (χ1n) is 9.53. The molecule has 0 spiro atoms. The molecular formula is C22H21ClN2O3S. The van der Waals surface area contributed by atoms with Gasteiger partial charge in [0.25, 0.3) is 11.8 Å². The third-order valence-corrected chi connectivity index (χ3v) is 6.37. The Kier molecular flexibility index (Phi) is 5.74. The molecule has 3 aromatic rings. The van der Waals surface area contributed by atoms with Crippen molar-refractivity contribution in [2.75, 3.05) is 25.5 Å². The highest BCUT2D eigenvalue weighted by Gasteiger charge is 2.20. The third-order valence-electron chi connectivity index (χ3n) is 5.03. The van der Waals surface area contributed by atoms with Gasteiger partial charge >= 0.3 is 0 Å². The van der Waals surface area contributed by atoms with E-state index in [2.05, 4.69) is 5.32 Å². The Morgan fingerprint density at radius 1 is 1.07 bits per heavy atom. The normalized spacial score (nSPS) is 14.1. The van der Waals surface area contributed by atoms with Crippen LogP contribution in [0, 0.1) is 0 Å². The Labute approximate surface area is 178 Å². The molecule has 1 aromatic heterocycles. The molecule has 1 N–H and O–H groups in total. The first-order valence-corrected chi connectivity index (χ1v) is 10.7. The maximum absolute atomic E-state index is 12.8. The van der Waals surface area contributed by atoms with Crippen LogP contribution < -0.4 is 10.1 Å². The van der Waals surface area contributed by atoms with Crippen LogP contribution in [0.1, 0.15) is 39.3 Å². The van der Waals surface area contributed by atoms with Crippen molar-refractivity contribution in [1.82, 2.24) is 4.90 Å². The van der Waals surface area contributed by atoms with E-state index in [9.17, 15) is 9.59 Å². The summed E-state index contributed by atoms with van der Waals surface area (Å²) < 4.78 is 6.27. The average molecular weight is 429 g/mol. The maximum Gasteiger partial charge on any atom is 0.263 e. The second kappa shape index (κ2) is 8.43. The number of methoxy groups -OCH3 is 1. The number of nitrogens with one attached hydrogen (secondary N) is 1. The number of halogens is 1. The molecule has 4 rings (SSSR count). The molecule has 1 aliphatic rings. The Balaban J connectivity index is 1.55. The minimum atomic E-state index is -0.302. The summed E-state index contributed by atoms with van der Waals surface area (Å²) in [4.78, 5) is 28.1. The van der Waals surface area contributed by atoms with Crippen molar-refractivity contribution in [1.29, 1.82) is 0 Å². The molecule has 0 saturated carbocycles. The summed E-state index contributed by atoms with van der Waals surface area (Å²) in [5.74, 6) is 0.252. The fraction of sp³-hybridized carbons (Fsp3) is 0.273. The number of nitrogens with zero attached hydrogens (tertiary/aromatic N) is 1. The van der Waals surface area contributed by atoms with Gasteiger partial charge in [-0.1, -0.05) is 11.6 Å². The summed E-state index contributed by atoms with van der Waals surface area (Å²) in [6.07, 6.45) is 3.33. The van der Waals surface area contributed by atoms with Crippen molar-refractivity contribution in [3.8, 4) is 5.75 Å². The third kappa shape index (κ3) is 4.23. The molecule has 1 aliphatic heterocycles. The Morgan fingerprint density at radius 2 is 1.86 bits per heavy atom. The average Bonchev–Trinajstić information content (AvgIpc) is 3.17. The van der Waals surface area contributed by atoms with Gasteiger partial charge in [0.1, 0.15) is 5.75 Å². The van der Waals surface area contributed by atoms with Crippen LogP contribution >= 0.6 is 22.9 Å². The SMILES string of the molecule is COc1ccc(Cl)cc1C(=O)Nc1ccc2sc(C(=O)N3CCCCC3)cc2c1. The van der Waals surface area contributed by atoms with Crippen molar-refractivity contribution >= 4 is 50.5 Å². The van der Waals surface area contributed by atoms with Crippen LogP contribution in [-0.2, 0) is 0 Å². The number of ether oxygens (including phenoxy) is 1. The van der Waals surface area contributed by atoms with E-state index in [1.54, 1.807) is 18.2 Å². The predicted octanol–water partition coefficient (Wildman–Crippen LogP) is 5.44. The molecule has 0 aliphatic carbocycles. The van der Waals surface area contributed by atoms with Crippen LogP contribution in [0.15, 0.2) is 42.5 Å². The molecule has 150 valence electrons. The molecule has 0 unspecified atom stereocenters. The zero-order chi connectivity index (χ0) is 20.4. The van der Waals surface area contributed by atoms with Crippen LogP contribution in [0.5, 0.6) is 5.75 Å². The van der Waals surface area contributed by atoms with Crippen LogP contribution in [0.25, 0.3) is 10.1 Å². The largest absolute Gasteiger partial charge is 0.496 e. The number of thiophene rings is 1. The quantitative estimate of drug-likeness (QED) is 0.601. The Hall–Kier alpha value is -2.57. The highest BCUT2D eigenvalue weighted by Crippen LogP contribution is 2.30. The number of amides is 2. The lowest BCUT2D eigenvalue weighted by molar-refractivity contribution is 0.0729. The summed E-state index contributed by atoms with van der Waals surface area (Å²) in [5.41, 5.74) is 1.02. The molecule has 2 aromatic carbocycles. The smallest absolute Gasteiger partial charge is 0.263 e. The molecule has 2 heterocycles. The maximum atomic E-state index is 12.8. The van der Waals surface area contributed by atoms with Gasteiger partial charge in [0.05, 0.1) is 17.6 Å². The van der Waals surface area contributed by atoms with Gasteiger partial charge in [0, 0.05) is 28.5 Å². The van der Waals surface area contributed by atoms with Crippen molar-refractivity contribution in [2.24, 2.45) is 0 Å². The number of carbonyl (C=O) groups is 2. The lowest BCUT2D eigenvalue weighted by Gasteiger charge is -2.26. The van der Waals surface area contributed by atoms with Gasteiger partial charge in [0.2, 0.25) is 0 Å². The van der Waals surface area contributed by atoms with Gasteiger partial charge in [-0.2, -0.15) is 0 Å². The minimum absolute atomic E-state index is 0.0974. The fourth-order valence-corrected chi connectivity index (χ4v) is 4.72. The van der Waals surface area contributed by atoms with Crippen molar-refractivity contribution < 1.29 is 14.3 Å². The highest BCUT2D eigenvalue weighted by molar-refractivity contribution is 7.20. The van der Waals surface area contributed by atoms with E-state index in [4.69, 9.17) is 16.3 Å². The van der Waals surface area contributed by atoms with Gasteiger partial charge < -0.3 is 15.0 Å². The number of hydrogen-bond acceptors (Lipinski definition) is 4. The molecule has 0 bridgehead atoms. The molecule has 1 fully saturated rings. The Morgan fingerprint density at radius 3 is 2.62 bits per heavy atom. The minimum Gasteiger partial charge on any atom is -0.496 e. The first kappa shape index (κ1) is 19.7. The van der Waals surface area contributed by atoms with E-state index >= 15 is 0 Å². The number of hydrogen-bond donors (Lipinski definition) is 1. The number of piperidine rings is 1. The topological polar surface area (TPSA) is 58.6 Å². The summed E-state index contributed by atoms with van der Waals surface area (Å²) in [7, 11) is 1.51. The van der Waals surface area contributed by atoms with Crippen LogP contribution in [0.4, 0.5) is 5.69 Å². The molecule has 0 atom stereocenters. The zero-order valence-electron chi connectivity index (χ0n) is 16.0. The number of rotatable bonds is 4. The summed E-state index contributed by atoms with van der Waals surface area (Å²) in [6.45, 7) is 1.66. The highest BCUT2D eigenvalue weighted by atomic mass is 35.5. The number of likely N-dealkylation sites (tertiary alicyclic amines) is 1. The predicted molar refractivity (Wildman–Crippen MR) is 118 cm³/mol. The lowest BCUT2D eigenvalue weighted by atomic mass is 10.1. The van der Waals surface area contributed by atoms with Crippen LogP contribution in [-0.4, -0.2) is 36.9 Å². The summed E-state index contributed by atoms with van der Waals surface area (Å²) in [5, 5.41) is 4.29. The van der Waals surface area contributed by atoms with Crippen molar-refractivity contribution in [3.63, 3.8) is 0 Å². The summed E-state index contributed by atoms with van der Waals surface area (Å²) >= 11 is 7.51. The van der Waals surface area contributed by atoms with Gasteiger partial charge in [-0.05, 0) is 67.1 Å². The second-order valence-electron chi connectivity index (χ2n) is 7.01. The standard InChI is InChI=1S/C22H21ClN2O3S/c1-28-18-7-5-15(23)13-17(18)21(26)24-16-6-8-19-14(11-16)12-20(29-19)22(27)25-9-3-2-4-10-25/h5-8,11-13H,2-4,9-10H2,1H3,(H,24,26). The molecule has 2 amide bonds. The van der Waals surface area contributed by atoms with E-state index in [1.807, 2.05) is 29.2 Å². The molecular weight excluding hydrogens is 408 g/mol.